The molecule has 1 heterocycles. The molecular weight excluding hydrogens is 302 g/mol. The number of hydrogen-bond acceptors (Lipinski definition) is 4. The van der Waals surface area contributed by atoms with Gasteiger partial charge in [0.15, 0.2) is 0 Å². The summed E-state index contributed by atoms with van der Waals surface area (Å²) < 4.78 is 5.68. The Morgan fingerprint density at radius 2 is 2.04 bits per heavy atom. The Labute approximate surface area is 142 Å². The smallest absolute Gasteiger partial charge is 0.250 e. The second-order valence-corrected chi connectivity index (χ2v) is 6.45. The fraction of sp³-hybridized carbons (Fsp3) is 0.368. The highest BCUT2D eigenvalue weighted by molar-refractivity contribution is 5.92. The van der Waals surface area contributed by atoms with Crippen molar-refractivity contribution >= 4 is 5.91 Å². The molecule has 1 amide bonds. The third kappa shape index (κ3) is 4.80. The summed E-state index contributed by atoms with van der Waals surface area (Å²) in [4.78, 5) is 15.1. The summed E-state index contributed by atoms with van der Waals surface area (Å²) in [5.74, 6) is 1.56. The number of nitrogens with zero attached hydrogens (tertiary/aromatic N) is 1. The first-order chi connectivity index (χ1) is 11.6. The van der Waals surface area contributed by atoms with Gasteiger partial charge in [-0.2, -0.15) is 0 Å². The van der Waals surface area contributed by atoms with Gasteiger partial charge in [0.2, 0.25) is 11.8 Å². The molecule has 126 valence electrons. The zero-order valence-corrected chi connectivity index (χ0v) is 13.9. The number of rotatable bonds is 8. The largest absolute Gasteiger partial charge is 0.439 e. The Kier molecular flexibility index (Phi) is 5.11. The van der Waals surface area contributed by atoms with Crippen molar-refractivity contribution < 1.29 is 9.53 Å². The molecule has 1 fully saturated rings. The van der Waals surface area contributed by atoms with Gasteiger partial charge in [0.25, 0.3) is 0 Å². The van der Waals surface area contributed by atoms with E-state index in [1.165, 1.54) is 24.6 Å². The van der Waals surface area contributed by atoms with Crippen LogP contribution in [-0.2, 0) is 6.42 Å². The van der Waals surface area contributed by atoms with Crippen molar-refractivity contribution in [3.8, 4) is 11.6 Å². The molecule has 0 spiro atoms. The molecule has 1 unspecified atom stereocenters. The minimum Gasteiger partial charge on any atom is -0.439 e. The van der Waals surface area contributed by atoms with Crippen LogP contribution in [0.4, 0.5) is 0 Å². The van der Waals surface area contributed by atoms with Gasteiger partial charge in [-0.1, -0.05) is 12.1 Å². The number of benzene rings is 1. The third-order valence-electron chi connectivity index (χ3n) is 4.16. The number of carbonyl (C=O) groups excluding carboxylic acids is 1. The van der Waals surface area contributed by atoms with Crippen LogP contribution in [0.2, 0.25) is 0 Å². The lowest BCUT2D eigenvalue weighted by molar-refractivity contribution is 0.1000. The average molecular weight is 325 g/mol. The fourth-order valence-electron chi connectivity index (χ4n) is 2.52. The molecule has 24 heavy (non-hydrogen) atoms. The van der Waals surface area contributed by atoms with E-state index < -0.39 is 5.91 Å². The second-order valence-electron chi connectivity index (χ2n) is 6.45. The number of carbonyl (C=O) groups is 1. The van der Waals surface area contributed by atoms with Crippen molar-refractivity contribution in [1.29, 1.82) is 0 Å². The Hall–Kier alpha value is -2.40. The Balaban J connectivity index is 1.52. The van der Waals surface area contributed by atoms with Crippen LogP contribution in [0.3, 0.4) is 0 Å². The maximum Gasteiger partial charge on any atom is 0.250 e. The summed E-state index contributed by atoms with van der Waals surface area (Å²) in [6.45, 7) is 3.35. The highest BCUT2D eigenvalue weighted by atomic mass is 16.5. The van der Waals surface area contributed by atoms with Gasteiger partial charge in [0.05, 0.1) is 5.56 Å². The number of nitrogens with two attached hydrogens (primary N) is 1. The van der Waals surface area contributed by atoms with E-state index in [0.717, 1.165) is 24.6 Å². The van der Waals surface area contributed by atoms with Crippen molar-refractivity contribution in [3.05, 3.63) is 53.7 Å². The van der Waals surface area contributed by atoms with E-state index in [9.17, 15) is 4.79 Å². The van der Waals surface area contributed by atoms with Crippen molar-refractivity contribution in [2.75, 3.05) is 6.54 Å². The Morgan fingerprint density at radius 3 is 2.62 bits per heavy atom. The average Bonchev–Trinajstić information content (AvgIpc) is 3.40. The highest BCUT2D eigenvalue weighted by Crippen LogP contribution is 2.27. The van der Waals surface area contributed by atoms with Crippen LogP contribution in [0, 0.1) is 5.92 Å². The number of amides is 1. The normalized spacial score (nSPS) is 15.0. The first-order valence-electron chi connectivity index (χ1n) is 8.36. The van der Waals surface area contributed by atoms with Gasteiger partial charge in [0, 0.05) is 18.3 Å². The fourth-order valence-corrected chi connectivity index (χ4v) is 2.52. The van der Waals surface area contributed by atoms with Gasteiger partial charge in [-0.15, -0.1) is 0 Å². The minimum absolute atomic E-state index is 0.366. The number of ether oxygens (including phenoxy) is 1. The number of nitrogens with one attached hydrogen (secondary N) is 1. The van der Waals surface area contributed by atoms with Crippen molar-refractivity contribution in [2.45, 2.75) is 32.2 Å². The van der Waals surface area contributed by atoms with Crippen LogP contribution < -0.4 is 15.8 Å². The highest BCUT2D eigenvalue weighted by Gasteiger charge is 2.21. The van der Waals surface area contributed by atoms with Crippen molar-refractivity contribution in [1.82, 2.24) is 10.3 Å². The molecule has 0 radical (unpaired) electrons. The van der Waals surface area contributed by atoms with E-state index >= 15 is 0 Å². The number of primary amides is 1. The van der Waals surface area contributed by atoms with Crippen molar-refractivity contribution in [3.63, 3.8) is 0 Å². The Bertz CT molecular complexity index is 679. The topological polar surface area (TPSA) is 77.2 Å². The maximum atomic E-state index is 11.0. The molecular formula is C19H23N3O2. The molecule has 1 aromatic heterocycles. The van der Waals surface area contributed by atoms with Gasteiger partial charge in [-0.25, -0.2) is 4.98 Å². The molecule has 1 aliphatic rings. The molecule has 1 atom stereocenters. The van der Waals surface area contributed by atoms with E-state index in [0.29, 0.717) is 17.5 Å². The van der Waals surface area contributed by atoms with Crippen LogP contribution in [0.1, 0.15) is 35.7 Å². The predicted molar refractivity (Wildman–Crippen MR) is 93.2 cm³/mol. The number of aromatic nitrogens is 1. The first kappa shape index (κ1) is 16.5. The summed E-state index contributed by atoms with van der Waals surface area (Å²) >= 11 is 0. The van der Waals surface area contributed by atoms with Gasteiger partial charge in [-0.05, 0) is 62.4 Å². The van der Waals surface area contributed by atoms with E-state index in [4.69, 9.17) is 10.5 Å². The molecule has 5 heteroatoms. The van der Waals surface area contributed by atoms with Gasteiger partial charge >= 0.3 is 0 Å². The number of hydrogen-bond donors (Lipinski definition) is 2. The number of pyridine rings is 1. The maximum absolute atomic E-state index is 11.0. The lowest BCUT2D eigenvalue weighted by Crippen LogP contribution is -2.29. The zero-order chi connectivity index (χ0) is 16.9. The van der Waals surface area contributed by atoms with Crippen molar-refractivity contribution in [2.24, 2.45) is 11.7 Å². The van der Waals surface area contributed by atoms with Crippen LogP contribution in [0.5, 0.6) is 11.6 Å². The molecule has 5 nitrogen and oxygen atoms in total. The van der Waals surface area contributed by atoms with E-state index in [1.807, 2.05) is 12.1 Å². The summed E-state index contributed by atoms with van der Waals surface area (Å²) in [7, 11) is 0. The molecule has 3 N–H and O–H groups in total. The molecule has 0 bridgehead atoms. The van der Waals surface area contributed by atoms with Crippen LogP contribution in [0.15, 0.2) is 42.6 Å². The molecule has 1 aliphatic carbocycles. The lowest BCUT2D eigenvalue weighted by atomic mass is 10.1. The summed E-state index contributed by atoms with van der Waals surface area (Å²) in [6, 6.07) is 11.7. The third-order valence-corrected chi connectivity index (χ3v) is 4.16. The van der Waals surface area contributed by atoms with E-state index in [-0.39, 0.29) is 0 Å². The van der Waals surface area contributed by atoms with Gasteiger partial charge in [0.1, 0.15) is 5.75 Å². The predicted octanol–water partition coefficient (Wildman–Crippen LogP) is 2.90. The monoisotopic (exact) mass is 325 g/mol. The summed E-state index contributed by atoms with van der Waals surface area (Å²) in [6.07, 6.45) is 5.16. The standard InChI is InChI=1S/C19H23N3O2/c1-13(21-11-15-2-3-15)10-14-4-7-17(8-5-14)24-18-9-6-16(12-22-18)19(20)23/h4-9,12-13,15,21H,2-3,10-11H2,1H3,(H2,20,23). The SMILES string of the molecule is CC(Cc1ccc(Oc2ccc(C(N)=O)cn2)cc1)NCC1CC1. The quantitative estimate of drug-likeness (QED) is 0.782. The summed E-state index contributed by atoms with van der Waals surface area (Å²) in [5.41, 5.74) is 6.83. The first-order valence-corrected chi connectivity index (χ1v) is 8.36. The zero-order valence-electron chi connectivity index (χ0n) is 13.9. The Morgan fingerprint density at radius 1 is 1.29 bits per heavy atom. The molecule has 0 aliphatic heterocycles. The van der Waals surface area contributed by atoms with E-state index in [2.05, 4.69) is 29.4 Å². The second kappa shape index (κ2) is 7.45. The lowest BCUT2D eigenvalue weighted by Gasteiger charge is -2.14. The van der Waals surface area contributed by atoms with E-state index in [1.54, 1.807) is 12.1 Å². The molecule has 3 rings (SSSR count). The molecule has 2 aromatic rings. The molecule has 1 saturated carbocycles. The summed E-state index contributed by atoms with van der Waals surface area (Å²) in [5, 5.41) is 3.58. The minimum atomic E-state index is -0.497. The molecule has 1 aromatic carbocycles. The van der Waals surface area contributed by atoms with Gasteiger partial charge in [-0.3, -0.25) is 4.79 Å². The van der Waals surface area contributed by atoms with Crippen LogP contribution in [-0.4, -0.2) is 23.5 Å². The van der Waals surface area contributed by atoms with Crippen LogP contribution >= 0.6 is 0 Å². The van der Waals surface area contributed by atoms with Crippen LogP contribution in [0.25, 0.3) is 0 Å². The molecule has 0 saturated heterocycles. The van der Waals surface area contributed by atoms with Gasteiger partial charge < -0.3 is 15.8 Å².